The number of aliphatic hydroxyl groups is 1. The summed E-state index contributed by atoms with van der Waals surface area (Å²) in [7, 11) is 0. The fraction of sp³-hybridized carbons (Fsp3) is 1.00. The van der Waals surface area contributed by atoms with E-state index in [1.165, 1.54) is 25.7 Å². The molecule has 11 heavy (non-hydrogen) atoms. The third-order valence-corrected chi connectivity index (χ3v) is 5.37. The molecule has 4 fully saturated rings. The molecule has 4 bridgehead atoms. The van der Waals surface area contributed by atoms with Gasteiger partial charge in [-0.1, -0.05) is 15.9 Å². The number of aliphatic hydroxyl groups excluding tert-OH is 1. The zero-order valence-electron chi connectivity index (χ0n) is 6.46. The number of alkyl halides is 1. The van der Waals surface area contributed by atoms with E-state index in [-0.39, 0.29) is 6.10 Å². The zero-order valence-corrected chi connectivity index (χ0v) is 8.05. The Hall–Kier alpha value is 0.440. The first-order valence-corrected chi connectivity index (χ1v) is 5.35. The van der Waals surface area contributed by atoms with Gasteiger partial charge in [0.15, 0.2) is 0 Å². The molecule has 4 rings (SSSR count). The van der Waals surface area contributed by atoms with Gasteiger partial charge in [0.2, 0.25) is 0 Å². The van der Waals surface area contributed by atoms with Crippen LogP contribution in [0.3, 0.4) is 0 Å². The van der Waals surface area contributed by atoms with Gasteiger partial charge in [-0.3, -0.25) is 0 Å². The number of halogens is 1. The van der Waals surface area contributed by atoms with Gasteiger partial charge in [0, 0.05) is 4.32 Å². The first kappa shape index (κ1) is 6.90. The van der Waals surface area contributed by atoms with Crippen molar-refractivity contribution >= 4 is 15.9 Å². The van der Waals surface area contributed by atoms with Gasteiger partial charge in [0.05, 0.1) is 6.10 Å². The van der Waals surface area contributed by atoms with Gasteiger partial charge in [-0.25, -0.2) is 0 Å². The van der Waals surface area contributed by atoms with Gasteiger partial charge in [-0.2, -0.15) is 0 Å². The standard InChI is InChI=1S/C9H13BrO/c10-9-3-5-1-7(9)2-6(4-9)8(5)11/h5-8,11H,1-4H2/t5-,6+,7?,8?,9?. The maximum Gasteiger partial charge on any atom is 0.0597 e. The Kier molecular flexibility index (Phi) is 1.16. The molecule has 4 saturated carbocycles. The van der Waals surface area contributed by atoms with Crippen LogP contribution >= 0.6 is 15.9 Å². The van der Waals surface area contributed by atoms with Crippen LogP contribution in [0.1, 0.15) is 25.7 Å². The average molecular weight is 217 g/mol. The SMILES string of the molecule is OC1[C@@H]2CC3C[C@H]1CC3(Br)C2. The predicted molar refractivity (Wildman–Crippen MR) is 46.6 cm³/mol. The molecular formula is C9H13BrO. The highest BCUT2D eigenvalue weighted by Gasteiger charge is 2.60. The van der Waals surface area contributed by atoms with Gasteiger partial charge < -0.3 is 5.11 Å². The maximum atomic E-state index is 9.80. The summed E-state index contributed by atoms with van der Waals surface area (Å²) < 4.78 is 0.460. The van der Waals surface area contributed by atoms with Crippen molar-refractivity contribution < 1.29 is 5.11 Å². The van der Waals surface area contributed by atoms with E-state index in [4.69, 9.17) is 0 Å². The lowest BCUT2D eigenvalue weighted by molar-refractivity contribution is 0.0217. The molecule has 0 radical (unpaired) electrons. The lowest BCUT2D eigenvalue weighted by atomic mass is 9.79. The smallest absolute Gasteiger partial charge is 0.0597 e. The van der Waals surface area contributed by atoms with Crippen molar-refractivity contribution in [2.45, 2.75) is 36.1 Å². The molecule has 0 aromatic rings. The van der Waals surface area contributed by atoms with Crippen LogP contribution in [0.4, 0.5) is 0 Å². The van der Waals surface area contributed by atoms with Gasteiger partial charge >= 0.3 is 0 Å². The molecule has 2 heteroatoms. The molecule has 4 aliphatic rings. The summed E-state index contributed by atoms with van der Waals surface area (Å²) in [5.74, 6) is 2.15. The van der Waals surface area contributed by atoms with Crippen LogP contribution < -0.4 is 0 Å². The lowest BCUT2D eigenvalue weighted by Gasteiger charge is -2.32. The second-order valence-corrected chi connectivity index (χ2v) is 6.20. The first-order valence-electron chi connectivity index (χ1n) is 4.56. The van der Waals surface area contributed by atoms with Gasteiger partial charge in [-0.05, 0) is 43.4 Å². The lowest BCUT2D eigenvalue weighted by Crippen LogP contribution is -2.34. The van der Waals surface area contributed by atoms with Crippen LogP contribution in [0.25, 0.3) is 0 Å². The van der Waals surface area contributed by atoms with Crippen molar-refractivity contribution in [3.63, 3.8) is 0 Å². The van der Waals surface area contributed by atoms with Crippen LogP contribution in [-0.2, 0) is 0 Å². The second kappa shape index (κ2) is 1.85. The van der Waals surface area contributed by atoms with Gasteiger partial charge in [-0.15, -0.1) is 0 Å². The topological polar surface area (TPSA) is 20.2 Å². The zero-order chi connectivity index (χ0) is 7.64. The fourth-order valence-corrected chi connectivity index (χ4v) is 4.82. The molecule has 0 saturated heterocycles. The van der Waals surface area contributed by atoms with Crippen LogP contribution in [-0.4, -0.2) is 15.5 Å². The van der Waals surface area contributed by atoms with Gasteiger partial charge in [0.25, 0.3) is 0 Å². The molecule has 3 unspecified atom stereocenters. The highest BCUT2D eigenvalue weighted by Crippen LogP contribution is 2.64. The Bertz CT molecular complexity index is 188. The molecule has 5 atom stereocenters. The van der Waals surface area contributed by atoms with Crippen LogP contribution in [0.15, 0.2) is 0 Å². The van der Waals surface area contributed by atoms with E-state index in [1.54, 1.807) is 0 Å². The van der Waals surface area contributed by atoms with E-state index in [9.17, 15) is 5.11 Å². The maximum absolute atomic E-state index is 9.80. The normalized spacial score (nSPS) is 66.0. The first-order chi connectivity index (χ1) is 5.19. The second-order valence-electron chi connectivity index (χ2n) is 4.62. The van der Waals surface area contributed by atoms with E-state index in [0.717, 1.165) is 5.92 Å². The van der Waals surface area contributed by atoms with Crippen LogP contribution in [0, 0.1) is 17.8 Å². The molecule has 62 valence electrons. The Morgan fingerprint density at radius 2 is 1.73 bits per heavy atom. The molecule has 0 spiro atoms. The highest BCUT2D eigenvalue weighted by atomic mass is 79.9. The van der Waals surface area contributed by atoms with Crippen LogP contribution in [0.2, 0.25) is 0 Å². The van der Waals surface area contributed by atoms with E-state index in [0.29, 0.717) is 16.2 Å². The molecule has 4 aliphatic carbocycles. The van der Waals surface area contributed by atoms with Gasteiger partial charge in [0.1, 0.15) is 0 Å². The van der Waals surface area contributed by atoms with Crippen molar-refractivity contribution in [3.05, 3.63) is 0 Å². The molecule has 0 aliphatic heterocycles. The summed E-state index contributed by atoms with van der Waals surface area (Å²) in [6.07, 6.45) is 5.07. The predicted octanol–water partition coefficient (Wildman–Crippen LogP) is 1.93. The molecule has 0 aromatic heterocycles. The summed E-state index contributed by atoms with van der Waals surface area (Å²) >= 11 is 3.86. The Labute approximate surface area is 75.3 Å². The number of rotatable bonds is 0. The van der Waals surface area contributed by atoms with Crippen molar-refractivity contribution in [3.8, 4) is 0 Å². The van der Waals surface area contributed by atoms with Crippen LogP contribution in [0.5, 0.6) is 0 Å². The minimum atomic E-state index is 0.0411. The highest BCUT2D eigenvalue weighted by molar-refractivity contribution is 9.10. The molecule has 0 aromatic carbocycles. The average Bonchev–Trinajstić information content (AvgIpc) is 2.31. The minimum absolute atomic E-state index is 0.0411. The summed E-state index contributed by atoms with van der Waals surface area (Å²) in [6, 6.07) is 0. The number of hydrogen-bond donors (Lipinski definition) is 1. The Balaban J connectivity index is 2.02. The Morgan fingerprint density at radius 1 is 1.18 bits per heavy atom. The molecule has 0 heterocycles. The third-order valence-electron chi connectivity index (χ3n) is 4.08. The van der Waals surface area contributed by atoms with Crippen molar-refractivity contribution in [1.29, 1.82) is 0 Å². The van der Waals surface area contributed by atoms with E-state index >= 15 is 0 Å². The minimum Gasteiger partial charge on any atom is -0.393 e. The van der Waals surface area contributed by atoms with E-state index in [1.807, 2.05) is 0 Å². The molecule has 1 N–H and O–H groups in total. The summed E-state index contributed by atoms with van der Waals surface area (Å²) in [4.78, 5) is 0. The summed E-state index contributed by atoms with van der Waals surface area (Å²) in [6.45, 7) is 0. The number of hydrogen-bond acceptors (Lipinski definition) is 1. The molecular weight excluding hydrogens is 204 g/mol. The molecule has 1 nitrogen and oxygen atoms in total. The Morgan fingerprint density at radius 3 is 2.18 bits per heavy atom. The van der Waals surface area contributed by atoms with Crippen molar-refractivity contribution in [2.24, 2.45) is 17.8 Å². The van der Waals surface area contributed by atoms with E-state index < -0.39 is 0 Å². The third kappa shape index (κ3) is 0.707. The summed E-state index contributed by atoms with van der Waals surface area (Å²) in [5.41, 5.74) is 0. The quantitative estimate of drug-likeness (QED) is 0.614. The van der Waals surface area contributed by atoms with E-state index in [2.05, 4.69) is 15.9 Å². The summed E-state index contributed by atoms with van der Waals surface area (Å²) in [5, 5.41) is 9.80. The molecule has 0 amide bonds. The van der Waals surface area contributed by atoms with Crippen molar-refractivity contribution in [1.82, 2.24) is 0 Å². The van der Waals surface area contributed by atoms with Crippen molar-refractivity contribution in [2.75, 3.05) is 0 Å². The fourth-order valence-electron chi connectivity index (χ4n) is 3.61. The largest absolute Gasteiger partial charge is 0.393 e. The monoisotopic (exact) mass is 216 g/mol.